The summed E-state index contributed by atoms with van der Waals surface area (Å²) in [5.74, 6) is 1.67. The zero-order valence-corrected chi connectivity index (χ0v) is 14.2. The highest BCUT2D eigenvalue weighted by Gasteiger charge is 2.11. The molecule has 0 fully saturated rings. The van der Waals surface area contributed by atoms with Gasteiger partial charge in [0.1, 0.15) is 5.75 Å². The van der Waals surface area contributed by atoms with Gasteiger partial charge in [-0.2, -0.15) is 0 Å². The standard InChI is InChI=1S/C20H15N3O4/c24-19(26-16-8-6-15(7-9-16)20-23-22-13-25-20)11-10-18-21-12-17(27-18)14-4-2-1-3-5-14/h1-9,12-13H,10-11H2. The Morgan fingerprint density at radius 3 is 2.56 bits per heavy atom. The summed E-state index contributed by atoms with van der Waals surface area (Å²) in [6.07, 6.45) is 3.45. The van der Waals surface area contributed by atoms with Crippen molar-refractivity contribution in [2.24, 2.45) is 0 Å². The first kappa shape index (κ1) is 16.7. The number of ether oxygens (including phenoxy) is 1. The predicted octanol–water partition coefficient (Wildman–Crippen LogP) is 3.93. The lowest BCUT2D eigenvalue weighted by Crippen LogP contribution is -2.09. The normalized spacial score (nSPS) is 10.7. The smallest absolute Gasteiger partial charge is 0.311 e. The van der Waals surface area contributed by atoms with Gasteiger partial charge in [0.05, 0.1) is 12.6 Å². The molecule has 134 valence electrons. The third kappa shape index (κ3) is 4.09. The second kappa shape index (κ2) is 7.65. The van der Waals surface area contributed by atoms with Gasteiger partial charge in [0, 0.05) is 17.5 Å². The second-order valence-corrected chi connectivity index (χ2v) is 5.73. The summed E-state index contributed by atoms with van der Waals surface area (Å²) in [4.78, 5) is 16.3. The van der Waals surface area contributed by atoms with E-state index in [1.54, 1.807) is 30.5 Å². The van der Waals surface area contributed by atoms with E-state index in [1.807, 2.05) is 30.3 Å². The third-order valence-electron chi connectivity index (χ3n) is 3.85. The summed E-state index contributed by atoms with van der Waals surface area (Å²) < 4.78 is 16.1. The third-order valence-corrected chi connectivity index (χ3v) is 3.85. The molecule has 2 aromatic heterocycles. The molecule has 0 atom stereocenters. The van der Waals surface area contributed by atoms with Crippen molar-refractivity contribution in [3.63, 3.8) is 0 Å². The molecule has 2 heterocycles. The predicted molar refractivity (Wildman–Crippen MR) is 95.6 cm³/mol. The Bertz CT molecular complexity index is 1010. The average molecular weight is 361 g/mol. The van der Waals surface area contributed by atoms with Crippen LogP contribution in [0.25, 0.3) is 22.8 Å². The molecule has 7 heteroatoms. The van der Waals surface area contributed by atoms with Gasteiger partial charge in [-0.25, -0.2) is 4.98 Å². The Kier molecular flexibility index (Phi) is 4.74. The molecule has 0 aliphatic heterocycles. The second-order valence-electron chi connectivity index (χ2n) is 5.73. The fourth-order valence-corrected chi connectivity index (χ4v) is 2.52. The topological polar surface area (TPSA) is 91.2 Å². The van der Waals surface area contributed by atoms with E-state index in [0.717, 1.165) is 11.1 Å². The monoisotopic (exact) mass is 361 g/mol. The maximum Gasteiger partial charge on any atom is 0.311 e. The van der Waals surface area contributed by atoms with Gasteiger partial charge < -0.3 is 13.6 Å². The van der Waals surface area contributed by atoms with Crippen molar-refractivity contribution in [3.05, 3.63) is 73.1 Å². The minimum Gasteiger partial charge on any atom is -0.441 e. The molecule has 0 bridgehead atoms. The van der Waals surface area contributed by atoms with Crippen LogP contribution in [0.4, 0.5) is 0 Å². The fraction of sp³-hybridized carbons (Fsp3) is 0.100. The molecular formula is C20H15N3O4. The van der Waals surface area contributed by atoms with Gasteiger partial charge in [-0.1, -0.05) is 30.3 Å². The summed E-state index contributed by atoms with van der Waals surface area (Å²) in [5, 5.41) is 7.45. The van der Waals surface area contributed by atoms with Crippen LogP contribution in [-0.4, -0.2) is 21.2 Å². The van der Waals surface area contributed by atoms with Crippen LogP contribution < -0.4 is 4.74 Å². The quantitative estimate of drug-likeness (QED) is 0.379. The van der Waals surface area contributed by atoms with E-state index in [1.165, 1.54) is 6.39 Å². The van der Waals surface area contributed by atoms with Gasteiger partial charge in [-0.05, 0) is 24.3 Å². The molecule has 0 saturated heterocycles. The first-order valence-corrected chi connectivity index (χ1v) is 8.35. The van der Waals surface area contributed by atoms with Gasteiger partial charge in [0.2, 0.25) is 12.3 Å². The molecule has 7 nitrogen and oxygen atoms in total. The lowest BCUT2D eigenvalue weighted by atomic mass is 10.2. The Balaban J connectivity index is 1.32. The van der Waals surface area contributed by atoms with E-state index < -0.39 is 0 Å². The first-order chi connectivity index (χ1) is 13.3. The summed E-state index contributed by atoms with van der Waals surface area (Å²) in [6.45, 7) is 0. The SMILES string of the molecule is O=C(CCc1ncc(-c2ccccc2)o1)Oc1ccc(-c2nnco2)cc1. The number of carbonyl (C=O) groups is 1. The van der Waals surface area contributed by atoms with E-state index in [4.69, 9.17) is 13.6 Å². The van der Waals surface area contributed by atoms with Gasteiger partial charge in [-0.15, -0.1) is 10.2 Å². The summed E-state index contributed by atoms with van der Waals surface area (Å²) >= 11 is 0. The molecule has 0 spiro atoms. The van der Waals surface area contributed by atoms with Crippen molar-refractivity contribution < 1.29 is 18.4 Å². The zero-order valence-electron chi connectivity index (χ0n) is 14.2. The number of rotatable bonds is 6. The Hall–Kier alpha value is -3.74. The Morgan fingerprint density at radius 2 is 1.81 bits per heavy atom. The van der Waals surface area contributed by atoms with Crippen LogP contribution in [0.15, 0.2) is 76.0 Å². The zero-order chi connectivity index (χ0) is 18.5. The molecule has 0 amide bonds. The lowest BCUT2D eigenvalue weighted by Gasteiger charge is -2.04. The lowest BCUT2D eigenvalue weighted by molar-refractivity contribution is -0.134. The van der Waals surface area contributed by atoms with Crippen LogP contribution in [0.1, 0.15) is 12.3 Å². The van der Waals surface area contributed by atoms with Gasteiger partial charge in [0.15, 0.2) is 11.7 Å². The van der Waals surface area contributed by atoms with Crippen molar-refractivity contribution in [1.82, 2.24) is 15.2 Å². The average Bonchev–Trinajstić information content (AvgIpc) is 3.40. The van der Waals surface area contributed by atoms with Crippen LogP contribution in [0.2, 0.25) is 0 Å². The number of aromatic nitrogens is 3. The van der Waals surface area contributed by atoms with Crippen molar-refractivity contribution in [2.45, 2.75) is 12.8 Å². The number of nitrogens with zero attached hydrogens (tertiary/aromatic N) is 3. The molecular weight excluding hydrogens is 346 g/mol. The Morgan fingerprint density at radius 1 is 1.00 bits per heavy atom. The molecule has 0 aliphatic rings. The van der Waals surface area contributed by atoms with E-state index in [2.05, 4.69) is 15.2 Å². The van der Waals surface area contributed by atoms with E-state index in [9.17, 15) is 4.79 Å². The summed E-state index contributed by atoms with van der Waals surface area (Å²) in [7, 11) is 0. The number of hydrogen-bond acceptors (Lipinski definition) is 7. The molecule has 0 N–H and O–H groups in total. The molecule has 4 aromatic rings. The van der Waals surface area contributed by atoms with Crippen LogP contribution in [0.3, 0.4) is 0 Å². The molecule has 0 aliphatic carbocycles. The molecule has 2 aromatic carbocycles. The molecule has 4 rings (SSSR count). The summed E-state index contributed by atoms with van der Waals surface area (Å²) in [6, 6.07) is 16.5. The van der Waals surface area contributed by atoms with Crippen LogP contribution in [0.5, 0.6) is 5.75 Å². The maximum absolute atomic E-state index is 12.0. The highest BCUT2D eigenvalue weighted by molar-refractivity contribution is 5.72. The number of benzene rings is 2. The molecule has 0 unspecified atom stereocenters. The highest BCUT2D eigenvalue weighted by Crippen LogP contribution is 2.22. The number of aryl methyl sites for hydroxylation is 1. The molecule has 0 radical (unpaired) electrons. The highest BCUT2D eigenvalue weighted by atomic mass is 16.5. The largest absolute Gasteiger partial charge is 0.441 e. The number of oxazole rings is 1. The van der Waals surface area contributed by atoms with Crippen molar-refractivity contribution in [3.8, 4) is 28.5 Å². The number of esters is 1. The molecule has 0 saturated carbocycles. The number of carbonyl (C=O) groups excluding carboxylic acids is 1. The summed E-state index contributed by atoms with van der Waals surface area (Å²) in [5.41, 5.74) is 1.70. The minimum absolute atomic E-state index is 0.167. The van der Waals surface area contributed by atoms with Gasteiger partial charge >= 0.3 is 5.97 Å². The van der Waals surface area contributed by atoms with Crippen LogP contribution >= 0.6 is 0 Å². The van der Waals surface area contributed by atoms with Crippen molar-refractivity contribution >= 4 is 5.97 Å². The van der Waals surface area contributed by atoms with E-state index in [-0.39, 0.29) is 12.4 Å². The number of hydrogen-bond donors (Lipinski definition) is 0. The van der Waals surface area contributed by atoms with E-state index >= 15 is 0 Å². The van der Waals surface area contributed by atoms with Gasteiger partial charge in [-0.3, -0.25) is 4.79 Å². The van der Waals surface area contributed by atoms with Gasteiger partial charge in [0.25, 0.3) is 0 Å². The van der Waals surface area contributed by atoms with Crippen LogP contribution in [-0.2, 0) is 11.2 Å². The fourth-order valence-electron chi connectivity index (χ4n) is 2.52. The first-order valence-electron chi connectivity index (χ1n) is 8.35. The van der Waals surface area contributed by atoms with Crippen molar-refractivity contribution in [2.75, 3.05) is 0 Å². The van der Waals surface area contributed by atoms with E-state index in [0.29, 0.717) is 29.7 Å². The maximum atomic E-state index is 12.0. The minimum atomic E-state index is -0.361. The van der Waals surface area contributed by atoms with Crippen LogP contribution in [0, 0.1) is 0 Å². The van der Waals surface area contributed by atoms with Crippen molar-refractivity contribution in [1.29, 1.82) is 0 Å². The molecule has 27 heavy (non-hydrogen) atoms. The Labute approximate surface area is 154 Å².